The molecule has 2 aromatic carbocycles. The molecule has 0 fully saturated rings. The van der Waals surface area contributed by atoms with Gasteiger partial charge in [-0.25, -0.2) is 9.07 Å². The van der Waals surface area contributed by atoms with E-state index >= 15 is 0 Å². The number of halogens is 1. The van der Waals surface area contributed by atoms with E-state index < -0.39 is 0 Å². The van der Waals surface area contributed by atoms with Crippen LogP contribution >= 0.6 is 0 Å². The van der Waals surface area contributed by atoms with Crippen molar-refractivity contribution in [2.45, 2.75) is 39.7 Å². The van der Waals surface area contributed by atoms with Crippen LogP contribution in [-0.4, -0.2) is 15.0 Å². The van der Waals surface area contributed by atoms with E-state index in [4.69, 9.17) is 0 Å². The minimum atomic E-state index is -0.137. The first-order valence-electron chi connectivity index (χ1n) is 8.22. The van der Waals surface area contributed by atoms with E-state index in [-0.39, 0.29) is 11.7 Å². The normalized spacial score (nSPS) is 12.3. The molecular formula is C20H22FN3. The third-order valence-corrected chi connectivity index (χ3v) is 4.43. The lowest BCUT2D eigenvalue weighted by Crippen LogP contribution is -2.03. The summed E-state index contributed by atoms with van der Waals surface area (Å²) in [6.45, 7) is 6.67. The lowest BCUT2D eigenvalue weighted by molar-refractivity contribution is 0.583. The zero-order chi connectivity index (χ0) is 17.1. The van der Waals surface area contributed by atoms with Gasteiger partial charge >= 0.3 is 0 Å². The van der Waals surface area contributed by atoms with Gasteiger partial charge in [0.1, 0.15) is 5.82 Å². The van der Waals surface area contributed by atoms with Crippen LogP contribution in [0.15, 0.2) is 48.7 Å². The Morgan fingerprint density at radius 1 is 1.08 bits per heavy atom. The molecule has 0 aliphatic carbocycles. The van der Waals surface area contributed by atoms with Crippen molar-refractivity contribution in [2.24, 2.45) is 0 Å². The molecule has 0 bridgehead atoms. The van der Waals surface area contributed by atoms with Gasteiger partial charge in [0.2, 0.25) is 0 Å². The minimum Gasteiger partial charge on any atom is -0.248 e. The molecule has 1 aromatic heterocycles. The van der Waals surface area contributed by atoms with Crippen molar-refractivity contribution in [1.82, 2.24) is 15.0 Å². The monoisotopic (exact) mass is 323 g/mol. The SMILES string of the molecule is Cc1cc(F)c(C(C)Cc2cn(Cc3ccccc3)nn2)cc1C. The van der Waals surface area contributed by atoms with Gasteiger partial charge in [-0.15, -0.1) is 5.10 Å². The average molecular weight is 323 g/mol. The smallest absolute Gasteiger partial charge is 0.126 e. The Labute approximate surface area is 142 Å². The highest BCUT2D eigenvalue weighted by Crippen LogP contribution is 2.25. The second kappa shape index (κ2) is 6.95. The first-order chi connectivity index (χ1) is 11.5. The van der Waals surface area contributed by atoms with Crippen molar-refractivity contribution in [3.8, 4) is 0 Å². The largest absolute Gasteiger partial charge is 0.248 e. The number of rotatable bonds is 5. The third kappa shape index (κ3) is 3.70. The van der Waals surface area contributed by atoms with E-state index in [1.54, 1.807) is 6.07 Å². The summed E-state index contributed by atoms with van der Waals surface area (Å²) in [6.07, 6.45) is 2.62. The van der Waals surface area contributed by atoms with Crippen LogP contribution in [0.25, 0.3) is 0 Å². The van der Waals surface area contributed by atoms with Gasteiger partial charge in [0.25, 0.3) is 0 Å². The Balaban J connectivity index is 1.71. The molecule has 1 unspecified atom stereocenters. The molecule has 0 amide bonds. The predicted octanol–water partition coefficient (Wildman–Crippen LogP) is 4.43. The summed E-state index contributed by atoms with van der Waals surface area (Å²) in [4.78, 5) is 0. The zero-order valence-corrected chi connectivity index (χ0v) is 14.3. The summed E-state index contributed by atoms with van der Waals surface area (Å²) in [5.41, 5.74) is 4.91. The minimum absolute atomic E-state index is 0.0613. The Bertz CT molecular complexity index is 824. The first kappa shape index (κ1) is 16.4. The molecule has 3 aromatic rings. The third-order valence-electron chi connectivity index (χ3n) is 4.43. The van der Waals surface area contributed by atoms with Crippen molar-refractivity contribution < 1.29 is 4.39 Å². The van der Waals surface area contributed by atoms with Crippen LogP contribution in [0.1, 0.15) is 40.8 Å². The van der Waals surface area contributed by atoms with E-state index in [1.165, 1.54) is 5.56 Å². The molecule has 124 valence electrons. The number of hydrogen-bond acceptors (Lipinski definition) is 2. The van der Waals surface area contributed by atoms with Crippen LogP contribution in [0.4, 0.5) is 4.39 Å². The fraction of sp³-hybridized carbons (Fsp3) is 0.300. The van der Waals surface area contributed by atoms with Crippen molar-refractivity contribution in [1.29, 1.82) is 0 Å². The highest BCUT2D eigenvalue weighted by Gasteiger charge is 2.15. The van der Waals surface area contributed by atoms with E-state index in [0.717, 1.165) is 22.4 Å². The van der Waals surface area contributed by atoms with Crippen LogP contribution in [0, 0.1) is 19.7 Å². The highest BCUT2D eigenvalue weighted by atomic mass is 19.1. The lowest BCUT2D eigenvalue weighted by atomic mass is 9.93. The van der Waals surface area contributed by atoms with Gasteiger partial charge in [-0.2, -0.15) is 0 Å². The molecule has 0 spiro atoms. The Morgan fingerprint density at radius 3 is 2.54 bits per heavy atom. The summed E-state index contributed by atoms with van der Waals surface area (Å²) in [7, 11) is 0. The van der Waals surface area contributed by atoms with Crippen LogP contribution in [0.3, 0.4) is 0 Å². The van der Waals surface area contributed by atoms with Gasteiger partial charge in [0, 0.05) is 6.20 Å². The predicted molar refractivity (Wildman–Crippen MR) is 93.6 cm³/mol. The summed E-state index contributed by atoms with van der Waals surface area (Å²) in [5, 5.41) is 8.42. The lowest BCUT2D eigenvalue weighted by Gasteiger charge is -2.13. The van der Waals surface area contributed by atoms with E-state index in [2.05, 4.69) is 22.4 Å². The first-order valence-corrected chi connectivity index (χ1v) is 8.22. The van der Waals surface area contributed by atoms with Crippen LogP contribution in [0.5, 0.6) is 0 Å². The number of nitrogens with zero attached hydrogens (tertiary/aromatic N) is 3. The molecule has 0 aliphatic rings. The molecule has 0 saturated carbocycles. The average Bonchev–Trinajstić information content (AvgIpc) is 2.98. The Kier molecular flexibility index (Phi) is 4.74. The number of aryl methyl sites for hydroxylation is 2. The highest BCUT2D eigenvalue weighted by molar-refractivity contribution is 5.33. The van der Waals surface area contributed by atoms with Crippen molar-refractivity contribution >= 4 is 0 Å². The molecule has 0 radical (unpaired) electrons. The molecule has 3 nitrogen and oxygen atoms in total. The van der Waals surface area contributed by atoms with Gasteiger partial charge in [-0.05, 0) is 54.5 Å². The van der Waals surface area contributed by atoms with Crippen LogP contribution in [0.2, 0.25) is 0 Å². The summed E-state index contributed by atoms with van der Waals surface area (Å²) in [5.74, 6) is -0.0755. The molecular weight excluding hydrogens is 301 g/mol. The zero-order valence-electron chi connectivity index (χ0n) is 14.3. The van der Waals surface area contributed by atoms with Crippen molar-refractivity contribution in [3.63, 3.8) is 0 Å². The molecule has 1 atom stereocenters. The van der Waals surface area contributed by atoms with Gasteiger partial charge < -0.3 is 0 Å². The fourth-order valence-electron chi connectivity index (χ4n) is 2.88. The van der Waals surface area contributed by atoms with Gasteiger partial charge in [-0.3, -0.25) is 0 Å². The Hall–Kier alpha value is -2.49. The number of benzene rings is 2. The van der Waals surface area contributed by atoms with Gasteiger partial charge in [0.15, 0.2) is 0 Å². The molecule has 24 heavy (non-hydrogen) atoms. The molecule has 4 heteroatoms. The quantitative estimate of drug-likeness (QED) is 0.695. The van der Waals surface area contributed by atoms with Crippen molar-refractivity contribution in [3.05, 3.63) is 82.4 Å². The Morgan fingerprint density at radius 2 is 1.79 bits per heavy atom. The maximum absolute atomic E-state index is 14.2. The van der Waals surface area contributed by atoms with Crippen molar-refractivity contribution in [2.75, 3.05) is 0 Å². The second-order valence-electron chi connectivity index (χ2n) is 6.46. The number of hydrogen-bond donors (Lipinski definition) is 0. The van der Waals surface area contributed by atoms with Gasteiger partial charge in [0.05, 0.1) is 12.2 Å². The topological polar surface area (TPSA) is 30.7 Å². The van der Waals surface area contributed by atoms with E-state index in [0.29, 0.717) is 13.0 Å². The molecule has 1 heterocycles. The molecule has 0 aliphatic heterocycles. The summed E-state index contributed by atoms with van der Waals surface area (Å²) >= 11 is 0. The van der Waals surface area contributed by atoms with Crippen LogP contribution < -0.4 is 0 Å². The number of aromatic nitrogens is 3. The molecule has 0 saturated heterocycles. The fourth-order valence-corrected chi connectivity index (χ4v) is 2.88. The van der Waals surface area contributed by atoms with Gasteiger partial charge in [-0.1, -0.05) is 48.5 Å². The summed E-state index contributed by atoms with van der Waals surface area (Å²) < 4.78 is 16.1. The van der Waals surface area contributed by atoms with E-state index in [1.807, 2.05) is 55.9 Å². The molecule has 3 rings (SSSR count). The van der Waals surface area contributed by atoms with Crippen LogP contribution in [-0.2, 0) is 13.0 Å². The second-order valence-corrected chi connectivity index (χ2v) is 6.46. The standard InChI is InChI=1S/C20H22FN3/c1-14-10-19(20(21)11-15(14)2)16(3)9-18-13-24(23-22-18)12-17-7-5-4-6-8-17/h4-8,10-11,13,16H,9,12H2,1-3H3. The maximum atomic E-state index is 14.2. The summed E-state index contributed by atoms with van der Waals surface area (Å²) in [6, 6.07) is 13.7. The van der Waals surface area contributed by atoms with E-state index in [9.17, 15) is 4.39 Å². The molecule has 0 N–H and O–H groups in total. The maximum Gasteiger partial charge on any atom is 0.126 e.